The van der Waals surface area contributed by atoms with Crippen LogP contribution in [0.4, 0.5) is 0 Å². The maximum atomic E-state index is 4.11. The van der Waals surface area contributed by atoms with E-state index in [1.165, 1.54) is 56.7 Å². The molecule has 0 radical (unpaired) electrons. The molecule has 2 N–H and O–H groups in total. The minimum Gasteiger partial charge on any atom is -0.317 e. The summed E-state index contributed by atoms with van der Waals surface area (Å²) < 4.78 is 0. The SMILES string of the molecule is Cc1[nH]ncc1CN1CCC2(CCNCC2)C1.Cl. The van der Waals surface area contributed by atoms with Crippen molar-refractivity contribution in [3.05, 3.63) is 17.5 Å². The molecule has 2 fully saturated rings. The average Bonchev–Trinajstić information content (AvgIpc) is 2.90. The molecule has 4 nitrogen and oxygen atoms in total. The Kier molecular flexibility index (Phi) is 4.30. The smallest absolute Gasteiger partial charge is 0.0535 e. The van der Waals surface area contributed by atoms with Crippen LogP contribution >= 0.6 is 12.4 Å². The van der Waals surface area contributed by atoms with E-state index in [1.54, 1.807) is 0 Å². The highest BCUT2D eigenvalue weighted by Crippen LogP contribution is 2.39. The Bertz CT molecular complexity index is 384. The maximum Gasteiger partial charge on any atom is 0.0535 e. The van der Waals surface area contributed by atoms with Gasteiger partial charge in [-0.05, 0) is 51.2 Å². The summed E-state index contributed by atoms with van der Waals surface area (Å²) >= 11 is 0. The van der Waals surface area contributed by atoms with Gasteiger partial charge in [-0.1, -0.05) is 0 Å². The van der Waals surface area contributed by atoms with Crippen LogP contribution in [-0.2, 0) is 6.54 Å². The Morgan fingerprint density at radius 1 is 1.33 bits per heavy atom. The number of nitrogens with zero attached hydrogens (tertiary/aromatic N) is 2. The molecule has 0 aromatic carbocycles. The fraction of sp³-hybridized carbons (Fsp3) is 0.769. The van der Waals surface area contributed by atoms with Gasteiger partial charge in [-0.2, -0.15) is 5.10 Å². The number of likely N-dealkylation sites (tertiary alicyclic amines) is 1. The summed E-state index contributed by atoms with van der Waals surface area (Å²) in [5, 5.41) is 10.6. The average molecular weight is 271 g/mol. The molecule has 3 rings (SSSR count). The summed E-state index contributed by atoms with van der Waals surface area (Å²) in [4.78, 5) is 2.60. The van der Waals surface area contributed by atoms with E-state index < -0.39 is 0 Å². The summed E-state index contributed by atoms with van der Waals surface area (Å²) in [6.45, 7) is 8.12. The second-order valence-corrected chi connectivity index (χ2v) is 5.73. The molecule has 2 aliphatic rings. The van der Waals surface area contributed by atoms with E-state index in [0.29, 0.717) is 5.41 Å². The number of H-pyrrole nitrogens is 1. The number of halogens is 1. The van der Waals surface area contributed by atoms with Crippen molar-refractivity contribution in [2.24, 2.45) is 5.41 Å². The lowest BCUT2D eigenvalue weighted by atomic mass is 9.78. The van der Waals surface area contributed by atoms with Crippen molar-refractivity contribution >= 4 is 12.4 Å². The number of aryl methyl sites for hydroxylation is 1. The van der Waals surface area contributed by atoms with Crippen molar-refractivity contribution in [2.75, 3.05) is 26.2 Å². The number of aromatic amines is 1. The third-order valence-electron chi connectivity index (χ3n) is 4.51. The standard InChI is InChI=1S/C13H22N4.ClH/c1-11-12(8-15-16-11)9-17-7-4-13(10-17)2-5-14-6-3-13;/h8,14H,2-7,9-10H2,1H3,(H,15,16);1H. The van der Waals surface area contributed by atoms with E-state index in [9.17, 15) is 0 Å². The molecule has 0 amide bonds. The van der Waals surface area contributed by atoms with E-state index in [0.717, 1.165) is 6.54 Å². The number of rotatable bonds is 2. The van der Waals surface area contributed by atoms with E-state index in [-0.39, 0.29) is 12.4 Å². The van der Waals surface area contributed by atoms with Crippen LogP contribution in [0.2, 0.25) is 0 Å². The first-order chi connectivity index (χ1) is 8.27. The Morgan fingerprint density at radius 3 is 2.78 bits per heavy atom. The van der Waals surface area contributed by atoms with Gasteiger partial charge >= 0.3 is 0 Å². The van der Waals surface area contributed by atoms with Crippen LogP contribution in [0.1, 0.15) is 30.5 Å². The number of hydrogen-bond acceptors (Lipinski definition) is 3. The van der Waals surface area contributed by atoms with Crippen molar-refractivity contribution in [2.45, 2.75) is 32.7 Å². The summed E-state index contributed by atoms with van der Waals surface area (Å²) in [7, 11) is 0. The van der Waals surface area contributed by atoms with Crippen LogP contribution in [-0.4, -0.2) is 41.3 Å². The van der Waals surface area contributed by atoms with Crippen LogP contribution in [0, 0.1) is 12.3 Å². The lowest BCUT2D eigenvalue weighted by Crippen LogP contribution is -2.38. The van der Waals surface area contributed by atoms with Gasteiger partial charge in [-0.15, -0.1) is 12.4 Å². The molecule has 0 bridgehead atoms. The van der Waals surface area contributed by atoms with Crippen molar-refractivity contribution in [1.82, 2.24) is 20.4 Å². The molecule has 1 aromatic rings. The third-order valence-corrected chi connectivity index (χ3v) is 4.51. The predicted octanol–water partition coefficient (Wildman–Crippen LogP) is 1.72. The van der Waals surface area contributed by atoms with Gasteiger partial charge in [0, 0.05) is 24.3 Å². The molecule has 0 saturated carbocycles. The highest BCUT2D eigenvalue weighted by Gasteiger charge is 2.38. The number of aromatic nitrogens is 2. The van der Waals surface area contributed by atoms with Crippen molar-refractivity contribution in [3.63, 3.8) is 0 Å². The van der Waals surface area contributed by atoms with Crippen LogP contribution in [0.15, 0.2) is 6.20 Å². The molecular formula is C13H23ClN4. The molecule has 3 heterocycles. The van der Waals surface area contributed by atoms with E-state index in [4.69, 9.17) is 0 Å². The molecule has 5 heteroatoms. The molecular weight excluding hydrogens is 248 g/mol. The molecule has 1 spiro atoms. The van der Waals surface area contributed by atoms with Crippen LogP contribution in [0.3, 0.4) is 0 Å². The topological polar surface area (TPSA) is 44.0 Å². The van der Waals surface area contributed by atoms with Crippen LogP contribution in [0.5, 0.6) is 0 Å². The minimum absolute atomic E-state index is 0. The van der Waals surface area contributed by atoms with Gasteiger partial charge in [0.1, 0.15) is 0 Å². The number of hydrogen-bond donors (Lipinski definition) is 2. The zero-order chi connectivity index (χ0) is 11.7. The van der Waals surface area contributed by atoms with Crippen molar-refractivity contribution < 1.29 is 0 Å². The van der Waals surface area contributed by atoms with E-state index in [2.05, 4.69) is 27.3 Å². The second-order valence-electron chi connectivity index (χ2n) is 5.73. The zero-order valence-corrected chi connectivity index (χ0v) is 11.9. The zero-order valence-electron chi connectivity index (χ0n) is 11.0. The largest absolute Gasteiger partial charge is 0.317 e. The van der Waals surface area contributed by atoms with Gasteiger partial charge in [0.25, 0.3) is 0 Å². The van der Waals surface area contributed by atoms with Gasteiger partial charge in [-0.25, -0.2) is 0 Å². The molecule has 0 atom stereocenters. The summed E-state index contributed by atoms with van der Waals surface area (Å²) in [5.41, 5.74) is 3.19. The van der Waals surface area contributed by atoms with E-state index in [1.807, 2.05) is 6.20 Å². The number of nitrogens with one attached hydrogen (secondary N) is 2. The quantitative estimate of drug-likeness (QED) is 0.860. The lowest BCUT2D eigenvalue weighted by molar-refractivity contribution is 0.194. The fourth-order valence-electron chi connectivity index (χ4n) is 3.30. The molecule has 0 aliphatic carbocycles. The van der Waals surface area contributed by atoms with Gasteiger partial charge in [0.05, 0.1) is 6.20 Å². The van der Waals surface area contributed by atoms with Gasteiger partial charge in [0.15, 0.2) is 0 Å². The first-order valence-corrected chi connectivity index (χ1v) is 6.69. The van der Waals surface area contributed by atoms with Gasteiger partial charge in [0.2, 0.25) is 0 Å². The first-order valence-electron chi connectivity index (χ1n) is 6.69. The highest BCUT2D eigenvalue weighted by molar-refractivity contribution is 5.85. The molecule has 1 aromatic heterocycles. The van der Waals surface area contributed by atoms with Crippen LogP contribution < -0.4 is 5.32 Å². The number of piperidine rings is 1. The first kappa shape index (κ1) is 13.8. The maximum absolute atomic E-state index is 4.11. The Balaban J connectivity index is 0.00000120. The second kappa shape index (κ2) is 5.59. The summed E-state index contributed by atoms with van der Waals surface area (Å²) in [5.74, 6) is 0. The lowest BCUT2D eigenvalue weighted by Gasteiger charge is -2.33. The van der Waals surface area contributed by atoms with E-state index >= 15 is 0 Å². The molecule has 0 unspecified atom stereocenters. The minimum atomic E-state index is 0. The predicted molar refractivity (Wildman–Crippen MR) is 75.0 cm³/mol. The van der Waals surface area contributed by atoms with Crippen molar-refractivity contribution in [1.29, 1.82) is 0 Å². The van der Waals surface area contributed by atoms with Gasteiger partial charge < -0.3 is 5.32 Å². The van der Waals surface area contributed by atoms with Crippen LogP contribution in [0.25, 0.3) is 0 Å². The Labute approximate surface area is 115 Å². The summed E-state index contributed by atoms with van der Waals surface area (Å²) in [6, 6.07) is 0. The molecule has 2 aliphatic heterocycles. The fourth-order valence-corrected chi connectivity index (χ4v) is 3.30. The Hall–Kier alpha value is -0.580. The van der Waals surface area contributed by atoms with Crippen molar-refractivity contribution in [3.8, 4) is 0 Å². The summed E-state index contributed by atoms with van der Waals surface area (Å²) in [6.07, 6.45) is 6.07. The normalized spacial score (nSPS) is 23.2. The highest BCUT2D eigenvalue weighted by atomic mass is 35.5. The monoisotopic (exact) mass is 270 g/mol. The molecule has 102 valence electrons. The molecule has 18 heavy (non-hydrogen) atoms. The Morgan fingerprint density at radius 2 is 2.11 bits per heavy atom. The molecule has 2 saturated heterocycles. The van der Waals surface area contributed by atoms with Gasteiger partial charge in [-0.3, -0.25) is 10.00 Å². The third kappa shape index (κ3) is 2.71.